The van der Waals surface area contributed by atoms with E-state index in [-0.39, 0.29) is 0 Å². The maximum atomic E-state index is 11.5. The van der Waals surface area contributed by atoms with E-state index in [1.807, 2.05) is 0 Å². The second kappa shape index (κ2) is 1.96. The highest BCUT2D eigenvalue weighted by atomic mass is 35.7. The predicted molar refractivity (Wildman–Crippen MR) is 25.3 cm³/mol. The van der Waals surface area contributed by atoms with Crippen molar-refractivity contribution in [2.24, 2.45) is 0 Å². The molecule has 0 saturated heterocycles. The number of rotatable bonds is 1. The zero-order valence-electron chi connectivity index (χ0n) is 3.56. The molecule has 1 unspecified atom stereocenters. The van der Waals surface area contributed by atoms with E-state index in [4.69, 9.17) is 0 Å². The Kier molecular flexibility index (Phi) is 2.01. The smallest absolute Gasteiger partial charge is 0.229 e. The van der Waals surface area contributed by atoms with Gasteiger partial charge < -0.3 is 0 Å². The third-order valence-electron chi connectivity index (χ3n) is 0.388. The fraction of sp³-hybridized carbons (Fsp3) is 1.00. The molecule has 2 nitrogen and oxygen atoms in total. The summed E-state index contributed by atoms with van der Waals surface area (Å²) in [7, 11) is 0.530. The molecule has 0 aliphatic carbocycles. The van der Waals surface area contributed by atoms with Gasteiger partial charge in [0.25, 0.3) is 9.05 Å². The Morgan fingerprint density at radius 1 is 1.71 bits per heavy atom. The summed E-state index contributed by atoms with van der Waals surface area (Å²) in [6, 6.07) is 0. The lowest BCUT2D eigenvalue weighted by Gasteiger charge is -1.89. The Morgan fingerprint density at radius 2 is 1.86 bits per heavy atom. The molecule has 0 N–H and O–H groups in total. The molecule has 7 heavy (non-hydrogen) atoms. The standard InChI is InChI=1S/C2H4ClFO2S/c1-2(4)7(3,5)6/h2H,1H3. The molecule has 0 rings (SSSR count). The van der Waals surface area contributed by atoms with E-state index in [0.29, 0.717) is 0 Å². The highest BCUT2D eigenvalue weighted by Gasteiger charge is 2.14. The second-order valence-corrected chi connectivity index (χ2v) is 3.91. The molecule has 0 amide bonds. The van der Waals surface area contributed by atoms with Crippen molar-refractivity contribution >= 4 is 19.7 Å². The maximum absolute atomic E-state index is 11.5. The number of alkyl halides is 1. The maximum Gasteiger partial charge on any atom is 0.264 e. The van der Waals surface area contributed by atoms with Gasteiger partial charge in [-0.1, -0.05) is 0 Å². The summed E-state index contributed by atoms with van der Waals surface area (Å²) in [6.45, 7) is 0.863. The van der Waals surface area contributed by atoms with Crippen LogP contribution in [0.2, 0.25) is 0 Å². The van der Waals surface area contributed by atoms with Gasteiger partial charge in [-0.3, -0.25) is 0 Å². The topological polar surface area (TPSA) is 34.1 Å². The normalized spacial score (nSPS) is 16.4. The first-order valence-electron chi connectivity index (χ1n) is 1.52. The molecule has 0 aromatic heterocycles. The van der Waals surface area contributed by atoms with Crippen LogP contribution in [0, 0.1) is 0 Å². The lowest BCUT2D eigenvalue weighted by atomic mass is 10.9. The van der Waals surface area contributed by atoms with Crippen LogP contribution < -0.4 is 0 Å². The van der Waals surface area contributed by atoms with Gasteiger partial charge in [0.2, 0.25) is 5.50 Å². The first kappa shape index (κ1) is 7.17. The molecule has 0 radical (unpaired) electrons. The van der Waals surface area contributed by atoms with E-state index in [1.165, 1.54) is 0 Å². The molecule has 0 fully saturated rings. The highest BCUT2D eigenvalue weighted by molar-refractivity contribution is 8.14. The first-order chi connectivity index (χ1) is 2.94. The summed E-state index contributed by atoms with van der Waals surface area (Å²) >= 11 is 0. The molecule has 0 saturated carbocycles. The third kappa shape index (κ3) is 2.82. The monoisotopic (exact) mass is 146 g/mol. The molecule has 0 spiro atoms. The molecule has 5 heteroatoms. The average Bonchev–Trinajstić information content (AvgIpc) is 1.31. The third-order valence-corrected chi connectivity index (χ3v) is 1.90. The largest absolute Gasteiger partial charge is 0.264 e. The summed E-state index contributed by atoms with van der Waals surface area (Å²) < 4.78 is 30.9. The van der Waals surface area contributed by atoms with Crippen molar-refractivity contribution in [3.8, 4) is 0 Å². The Balaban J connectivity index is 4.10. The van der Waals surface area contributed by atoms with Crippen LogP contribution >= 0.6 is 10.7 Å². The van der Waals surface area contributed by atoms with Crippen molar-refractivity contribution in [1.29, 1.82) is 0 Å². The van der Waals surface area contributed by atoms with E-state index in [1.54, 1.807) is 0 Å². The highest BCUT2D eigenvalue weighted by Crippen LogP contribution is 2.05. The number of hydrogen-bond donors (Lipinski definition) is 0. The van der Waals surface area contributed by atoms with Gasteiger partial charge in [-0.05, 0) is 6.92 Å². The molecule has 0 aliphatic rings. The van der Waals surface area contributed by atoms with E-state index in [9.17, 15) is 12.8 Å². The van der Waals surface area contributed by atoms with Crippen molar-refractivity contribution in [2.75, 3.05) is 0 Å². The zero-order valence-corrected chi connectivity index (χ0v) is 5.13. The fourth-order valence-electron chi connectivity index (χ4n) is 0. The van der Waals surface area contributed by atoms with Crippen LogP contribution in [0.15, 0.2) is 0 Å². The molecule has 0 bridgehead atoms. The Bertz CT molecular complexity index is 138. The van der Waals surface area contributed by atoms with Crippen LogP contribution in [0.4, 0.5) is 4.39 Å². The second-order valence-electron chi connectivity index (χ2n) is 1.02. The van der Waals surface area contributed by atoms with Crippen LogP contribution in [-0.2, 0) is 9.05 Å². The van der Waals surface area contributed by atoms with Gasteiger partial charge in [0.05, 0.1) is 0 Å². The Labute approximate surface area is 45.7 Å². The Hall–Kier alpha value is 0.170. The van der Waals surface area contributed by atoms with Crippen molar-refractivity contribution in [3.63, 3.8) is 0 Å². The van der Waals surface area contributed by atoms with Gasteiger partial charge >= 0.3 is 0 Å². The quantitative estimate of drug-likeness (QED) is 0.515. The summed E-state index contributed by atoms with van der Waals surface area (Å²) in [4.78, 5) is 0. The molecule has 0 aromatic carbocycles. The van der Waals surface area contributed by atoms with Crippen molar-refractivity contribution in [2.45, 2.75) is 12.4 Å². The summed E-state index contributed by atoms with van der Waals surface area (Å²) in [6.07, 6.45) is 0. The van der Waals surface area contributed by atoms with Gasteiger partial charge in [-0.25, -0.2) is 12.8 Å². The summed E-state index contributed by atoms with van der Waals surface area (Å²) in [5.41, 5.74) is -1.96. The van der Waals surface area contributed by atoms with Crippen LogP contribution in [0.25, 0.3) is 0 Å². The molecule has 1 atom stereocenters. The van der Waals surface area contributed by atoms with E-state index >= 15 is 0 Å². The molecule has 0 aliphatic heterocycles. The SMILES string of the molecule is CC(F)S(=O)(=O)Cl. The number of halogens is 2. The summed E-state index contributed by atoms with van der Waals surface area (Å²) in [5, 5.41) is 0. The van der Waals surface area contributed by atoms with Crippen molar-refractivity contribution in [1.82, 2.24) is 0 Å². The summed E-state index contributed by atoms with van der Waals surface area (Å²) in [5.74, 6) is 0. The lowest BCUT2D eigenvalue weighted by Crippen LogP contribution is -2.02. The average molecular weight is 147 g/mol. The minimum absolute atomic E-state index is 0.863. The van der Waals surface area contributed by atoms with Gasteiger partial charge in [0.15, 0.2) is 0 Å². The molecular weight excluding hydrogens is 143 g/mol. The minimum Gasteiger partial charge on any atom is -0.229 e. The van der Waals surface area contributed by atoms with Crippen LogP contribution in [-0.4, -0.2) is 13.9 Å². The van der Waals surface area contributed by atoms with Crippen molar-refractivity contribution in [3.05, 3.63) is 0 Å². The van der Waals surface area contributed by atoms with E-state index in [0.717, 1.165) is 6.92 Å². The first-order valence-corrected chi connectivity index (χ1v) is 3.89. The van der Waals surface area contributed by atoms with Crippen LogP contribution in [0.3, 0.4) is 0 Å². The van der Waals surface area contributed by atoms with Crippen LogP contribution in [0.5, 0.6) is 0 Å². The molecular formula is C2H4ClFO2S. The van der Waals surface area contributed by atoms with Crippen molar-refractivity contribution < 1.29 is 12.8 Å². The van der Waals surface area contributed by atoms with Gasteiger partial charge in [0.1, 0.15) is 0 Å². The predicted octanol–water partition coefficient (Wildman–Crippen LogP) is 0.871. The lowest BCUT2D eigenvalue weighted by molar-refractivity contribution is 0.451. The van der Waals surface area contributed by atoms with E-state index in [2.05, 4.69) is 10.7 Å². The number of hydrogen-bond acceptors (Lipinski definition) is 2. The Morgan fingerprint density at radius 3 is 1.86 bits per heavy atom. The van der Waals surface area contributed by atoms with Gasteiger partial charge in [-0.2, -0.15) is 0 Å². The minimum atomic E-state index is -3.94. The molecule has 0 heterocycles. The van der Waals surface area contributed by atoms with Gasteiger partial charge in [-0.15, -0.1) is 0 Å². The fourth-order valence-corrected chi connectivity index (χ4v) is 0. The van der Waals surface area contributed by atoms with Crippen LogP contribution in [0.1, 0.15) is 6.92 Å². The zero-order chi connectivity index (χ0) is 6.08. The van der Waals surface area contributed by atoms with Gasteiger partial charge in [0, 0.05) is 10.7 Å². The van der Waals surface area contributed by atoms with E-state index < -0.39 is 14.6 Å². The molecule has 0 aromatic rings. The molecule has 44 valence electrons.